The maximum Gasteiger partial charge on any atom is 0.337 e. The van der Waals surface area contributed by atoms with Crippen molar-refractivity contribution in [3.63, 3.8) is 0 Å². The summed E-state index contributed by atoms with van der Waals surface area (Å²) in [6, 6.07) is 12.9. The standard InChI is InChI=1S/C25H27NO4S/c1-6-8-24(19(2)3)26(31(28,29)23-16-10-20(4)11-17-23)18-7-9-21-12-14-22(15-13-21)25(27)30-5/h8,10-17,19,24H,1,18H2,2-5H3/t24-/m1/s1. The van der Waals surface area contributed by atoms with Gasteiger partial charge in [-0.15, -0.1) is 5.73 Å². The summed E-state index contributed by atoms with van der Waals surface area (Å²) in [6.07, 6.45) is 1.66. The van der Waals surface area contributed by atoms with Crippen molar-refractivity contribution in [3.8, 4) is 11.8 Å². The van der Waals surface area contributed by atoms with Gasteiger partial charge in [0, 0.05) is 5.56 Å². The molecule has 0 N–H and O–H groups in total. The largest absolute Gasteiger partial charge is 0.465 e. The molecule has 0 radical (unpaired) electrons. The van der Waals surface area contributed by atoms with E-state index < -0.39 is 22.0 Å². The molecule has 0 heterocycles. The molecular formula is C25H27NO4S. The Hall–Kier alpha value is -3.10. The summed E-state index contributed by atoms with van der Waals surface area (Å²) in [5, 5.41) is 0. The molecule has 2 aromatic carbocycles. The van der Waals surface area contributed by atoms with Crippen LogP contribution in [0.15, 0.2) is 71.8 Å². The molecule has 6 heteroatoms. The van der Waals surface area contributed by atoms with E-state index in [4.69, 9.17) is 0 Å². The van der Waals surface area contributed by atoms with Gasteiger partial charge in [-0.2, -0.15) is 4.31 Å². The fourth-order valence-corrected chi connectivity index (χ4v) is 4.56. The fourth-order valence-electron chi connectivity index (χ4n) is 2.95. The quantitative estimate of drug-likeness (QED) is 0.370. The Morgan fingerprint density at radius 3 is 2.26 bits per heavy atom. The number of carbonyl (C=O) groups excluding carboxylic acids is 1. The first-order valence-electron chi connectivity index (χ1n) is 9.82. The summed E-state index contributed by atoms with van der Waals surface area (Å²) in [6.45, 7) is 9.39. The second-order valence-corrected chi connectivity index (χ2v) is 9.23. The van der Waals surface area contributed by atoms with Crippen LogP contribution in [0, 0.1) is 24.7 Å². The van der Waals surface area contributed by atoms with Crippen LogP contribution in [0.25, 0.3) is 0 Å². The molecule has 0 aliphatic rings. The van der Waals surface area contributed by atoms with Crippen LogP contribution in [0.3, 0.4) is 0 Å². The van der Waals surface area contributed by atoms with Crippen molar-refractivity contribution >= 4 is 16.0 Å². The van der Waals surface area contributed by atoms with E-state index in [9.17, 15) is 13.2 Å². The van der Waals surface area contributed by atoms with Crippen LogP contribution in [-0.4, -0.2) is 38.4 Å². The van der Waals surface area contributed by atoms with E-state index in [1.807, 2.05) is 20.8 Å². The molecule has 0 aliphatic carbocycles. The third-order valence-electron chi connectivity index (χ3n) is 4.71. The molecule has 0 bridgehead atoms. The third-order valence-corrected chi connectivity index (χ3v) is 6.56. The zero-order valence-electron chi connectivity index (χ0n) is 18.3. The van der Waals surface area contributed by atoms with Crippen molar-refractivity contribution in [2.75, 3.05) is 13.7 Å². The Kier molecular flexibility index (Phi) is 8.41. The highest BCUT2D eigenvalue weighted by atomic mass is 32.2. The molecule has 0 aliphatic heterocycles. The first kappa shape index (κ1) is 24.2. The minimum Gasteiger partial charge on any atom is -0.465 e. The van der Waals surface area contributed by atoms with Crippen molar-refractivity contribution < 1.29 is 17.9 Å². The second kappa shape index (κ2) is 10.8. The topological polar surface area (TPSA) is 63.7 Å². The van der Waals surface area contributed by atoms with Crippen molar-refractivity contribution in [3.05, 3.63) is 83.6 Å². The molecule has 0 saturated carbocycles. The Bertz CT molecular complexity index is 1110. The maximum absolute atomic E-state index is 13.4. The minimum absolute atomic E-state index is 0.00398. The highest BCUT2D eigenvalue weighted by Gasteiger charge is 2.31. The number of ether oxygens (including phenoxy) is 1. The summed E-state index contributed by atoms with van der Waals surface area (Å²) >= 11 is 0. The van der Waals surface area contributed by atoms with Gasteiger partial charge >= 0.3 is 5.97 Å². The lowest BCUT2D eigenvalue weighted by Gasteiger charge is -2.29. The summed E-state index contributed by atoms with van der Waals surface area (Å²) in [5.41, 5.74) is 4.79. The highest BCUT2D eigenvalue weighted by Crippen LogP contribution is 2.23. The lowest BCUT2D eigenvalue weighted by atomic mass is 10.0. The molecule has 0 fully saturated rings. The van der Waals surface area contributed by atoms with Crippen LogP contribution in [0.4, 0.5) is 0 Å². The van der Waals surface area contributed by atoms with E-state index in [-0.39, 0.29) is 17.4 Å². The average Bonchev–Trinajstić information content (AvgIpc) is 2.75. The molecule has 0 amide bonds. The monoisotopic (exact) mass is 437 g/mol. The smallest absolute Gasteiger partial charge is 0.337 e. The first-order chi connectivity index (χ1) is 14.7. The van der Waals surface area contributed by atoms with Crippen LogP contribution in [0.2, 0.25) is 0 Å². The third kappa shape index (κ3) is 6.19. The predicted octanol–water partition coefficient (Wildman–Crippen LogP) is 4.19. The van der Waals surface area contributed by atoms with Crippen molar-refractivity contribution in [2.24, 2.45) is 5.92 Å². The zero-order valence-corrected chi connectivity index (χ0v) is 19.1. The molecule has 1 atom stereocenters. The van der Waals surface area contributed by atoms with Gasteiger partial charge in [-0.1, -0.05) is 50.0 Å². The van der Waals surface area contributed by atoms with Gasteiger partial charge in [0.2, 0.25) is 10.0 Å². The lowest BCUT2D eigenvalue weighted by molar-refractivity contribution is 0.0600. The molecule has 31 heavy (non-hydrogen) atoms. The molecular weight excluding hydrogens is 410 g/mol. The highest BCUT2D eigenvalue weighted by molar-refractivity contribution is 7.89. The van der Waals surface area contributed by atoms with Crippen LogP contribution in [-0.2, 0) is 14.8 Å². The molecule has 0 unspecified atom stereocenters. The number of benzene rings is 2. The van der Waals surface area contributed by atoms with Gasteiger partial charge < -0.3 is 4.74 Å². The summed E-state index contributed by atoms with van der Waals surface area (Å²) in [7, 11) is -2.47. The molecule has 162 valence electrons. The van der Waals surface area contributed by atoms with Gasteiger partial charge in [0.05, 0.1) is 30.2 Å². The van der Waals surface area contributed by atoms with Crippen molar-refractivity contribution in [2.45, 2.75) is 31.7 Å². The van der Waals surface area contributed by atoms with Crippen LogP contribution in [0.1, 0.15) is 35.3 Å². The molecule has 2 rings (SSSR count). The predicted molar refractivity (Wildman–Crippen MR) is 122 cm³/mol. The number of sulfonamides is 1. The normalized spacial score (nSPS) is 11.9. The van der Waals surface area contributed by atoms with E-state index in [1.165, 1.54) is 11.4 Å². The van der Waals surface area contributed by atoms with Crippen molar-refractivity contribution in [1.82, 2.24) is 4.31 Å². The molecule has 0 spiro atoms. The SMILES string of the molecule is C=C=C[C@H](C(C)C)N(CC#Cc1ccc(C(=O)OC)cc1)S(=O)(=O)c1ccc(C)cc1. The van der Waals surface area contributed by atoms with Gasteiger partial charge in [0.1, 0.15) is 0 Å². The number of nitrogens with zero attached hydrogens (tertiary/aromatic N) is 1. The minimum atomic E-state index is -3.79. The Balaban J connectivity index is 2.38. The number of carbonyl (C=O) groups is 1. The van der Waals surface area contributed by atoms with E-state index in [0.29, 0.717) is 11.1 Å². The van der Waals surface area contributed by atoms with Crippen LogP contribution in [0.5, 0.6) is 0 Å². The number of rotatable bonds is 7. The summed E-state index contributed by atoms with van der Waals surface area (Å²) in [5.74, 6) is 5.50. The van der Waals surface area contributed by atoms with Crippen molar-refractivity contribution in [1.29, 1.82) is 0 Å². The maximum atomic E-state index is 13.4. The fraction of sp³-hybridized carbons (Fsp3) is 0.280. The Morgan fingerprint density at radius 1 is 1.13 bits per heavy atom. The average molecular weight is 438 g/mol. The van der Waals surface area contributed by atoms with Crippen LogP contribution < -0.4 is 0 Å². The Morgan fingerprint density at radius 2 is 1.74 bits per heavy atom. The van der Waals surface area contributed by atoms with E-state index >= 15 is 0 Å². The second-order valence-electron chi connectivity index (χ2n) is 7.34. The van der Waals surface area contributed by atoms with Gasteiger partial charge in [0.15, 0.2) is 0 Å². The van der Waals surface area contributed by atoms with Gasteiger partial charge in [-0.05, 0) is 55.3 Å². The summed E-state index contributed by atoms with van der Waals surface area (Å²) < 4.78 is 32.9. The number of esters is 1. The van der Waals surface area contributed by atoms with Gasteiger partial charge in [-0.3, -0.25) is 0 Å². The number of methoxy groups -OCH3 is 1. The number of hydrogen-bond acceptors (Lipinski definition) is 4. The first-order valence-corrected chi connectivity index (χ1v) is 11.3. The van der Waals surface area contributed by atoms with Crippen LogP contribution >= 0.6 is 0 Å². The Labute approximate surface area is 185 Å². The van der Waals surface area contributed by atoms with E-state index in [0.717, 1.165) is 5.56 Å². The lowest BCUT2D eigenvalue weighted by Crippen LogP contribution is -2.42. The van der Waals surface area contributed by atoms with E-state index in [2.05, 4.69) is 28.9 Å². The number of aryl methyl sites for hydroxylation is 1. The number of hydrogen-bond donors (Lipinski definition) is 0. The van der Waals surface area contributed by atoms with Gasteiger partial charge in [-0.25, -0.2) is 13.2 Å². The zero-order chi connectivity index (χ0) is 23.0. The molecule has 2 aromatic rings. The summed E-state index contributed by atoms with van der Waals surface area (Å²) in [4.78, 5) is 11.8. The molecule has 5 nitrogen and oxygen atoms in total. The molecule has 0 aromatic heterocycles. The molecule has 0 saturated heterocycles. The van der Waals surface area contributed by atoms with E-state index in [1.54, 1.807) is 54.6 Å². The van der Waals surface area contributed by atoms with Gasteiger partial charge in [0.25, 0.3) is 0 Å².